The van der Waals surface area contributed by atoms with Crippen molar-refractivity contribution >= 4 is 40.3 Å². The Balaban J connectivity index is 0.000000496. The van der Waals surface area contributed by atoms with E-state index < -0.39 is 6.03 Å². The highest BCUT2D eigenvalue weighted by Crippen LogP contribution is 2.35. The van der Waals surface area contributed by atoms with E-state index in [4.69, 9.17) is 9.84 Å². The van der Waals surface area contributed by atoms with E-state index >= 15 is 0 Å². The maximum Gasteiger partial charge on any atom is 0.324 e. The summed E-state index contributed by atoms with van der Waals surface area (Å²) < 4.78 is 8.05. The van der Waals surface area contributed by atoms with Crippen LogP contribution in [0.15, 0.2) is 151 Å². The number of anilines is 2. The number of aliphatic imine (C=N–C) groups is 1. The topological polar surface area (TPSA) is 140 Å². The standard InChI is InChI=1S/C39H38N6O3.C8H7NO/c1-26-14-16-29(17-15-26)45-36(24-35(44-45)39(2,3)4)43-38(47)42-33-18-19-34(32-13-9-8-12-31(32)33)48-30-20-21-40-28(22-30)23-37(46)41-25-27-10-6-5-7-11-27;10-7-9-6-8-4-2-1-3-5-8/h5-22,24H,23,25H2,1-4H3,(H,41,46)(H2,42,43,47);1-5H,6H2. The van der Waals surface area contributed by atoms with Crippen molar-refractivity contribution < 1.29 is 19.1 Å². The molecule has 11 heteroatoms. The second-order valence-electron chi connectivity index (χ2n) is 14.6. The minimum atomic E-state index is -0.396. The number of carbonyl (C=O) groups is 2. The predicted octanol–water partition coefficient (Wildman–Crippen LogP) is 9.84. The summed E-state index contributed by atoms with van der Waals surface area (Å²) in [4.78, 5) is 43.5. The third kappa shape index (κ3) is 11.1. The molecule has 0 saturated carbocycles. The van der Waals surface area contributed by atoms with Crippen LogP contribution in [0.3, 0.4) is 0 Å². The van der Waals surface area contributed by atoms with Gasteiger partial charge in [0.25, 0.3) is 0 Å². The van der Waals surface area contributed by atoms with Gasteiger partial charge >= 0.3 is 6.03 Å². The molecule has 58 heavy (non-hydrogen) atoms. The van der Waals surface area contributed by atoms with Crippen LogP contribution < -0.4 is 20.7 Å². The Morgan fingerprint density at radius 1 is 0.776 bits per heavy atom. The molecule has 0 saturated heterocycles. The smallest absolute Gasteiger partial charge is 0.324 e. The Morgan fingerprint density at radius 2 is 1.45 bits per heavy atom. The van der Waals surface area contributed by atoms with Gasteiger partial charge < -0.3 is 15.4 Å². The zero-order valence-corrected chi connectivity index (χ0v) is 32.9. The van der Waals surface area contributed by atoms with Crippen molar-refractivity contribution in [1.82, 2.24) is 20.1 Å². The number of urea groups is 1. The first-order valence-electron chi connectivity index (χ1n) is 18.8. The Kier molecular flexibility index (Phi) is 13.2. The second kappa shape index (κ2) is 19.0. The first-order chi connectivity index (χ1) is 28.1. The second-order valence-corrected chi connectivity index (χ2v) is 14.6. The molecule has 0 radical (unpaired) electrons. The van der Waals surface area contributed by atoms with E-state index in [2.05, 4.69) is 46.7 Å². The van der Waals surface area contributed by atoms with Crippen molar-refractivity contribution in [1.29, 1.82) is 0 Å². The molecule has 11 nitrogen and oxygen atoms in total. The number of aromatic nitrogens is 3. The van der Waals surface area contributed by atoms with Crippen LogP contribution in [0.1, 0.15) is 48.8 Å². The molecule has 0 aliphatic heterocycles. The normalized spacial score (nSPS) is 10.8. The number of rotatable bonds is 11. The lowest BCUT2D eigenvalue weighted by atomic mass is 9.92. The molecule has 7 aromatic rings. The molecule has 0 atom stereocenters. The van der Waals surface area contributed by atoms with Crippen molar-refractivity contribution in [2.24, 2.45) is 4.99 Å². The maximum atomic E-state index is 13.4. The summed E-state index contributed by atoms with van der Waals surface area (Å²) in [5, 5.41) is 15.4. The molecule has 0 aliphatic carbocycles. The van der Waals surface area contributed by atoms with Gasteiger partial charge in [-0.25, -0.2) is 19.3 Å². The van der Waals surface area contributed by atoms with Gasteiger partial charge in [-0.15, -0.1) is 0 Å². The summed E-state index contributed by atoms with van der Waals surface area (Å²) in [6, 6.07) is 43.7. The molecule has 5 aromatic carbocycles. The SMILES string of the molecule is Cc1ccc(-n2nc(C(C)(C)C)cc2NC(=O)Nc2ccc(Oc3ccnc(CC(=O)NCc4ccccc4)c3)c3ccccc23)cc1.O=C=NCc1ccccc1. The molecule has 7 rings (SSSR count). The van der Waals surface area contributed by atoms with Gasteiger partial charge in [-0.1, -0.05) is 123 Å². The zero-order valence-electron chi connectivity index (χ0n) is 32.9. The Morgan fingerprint density at radius 3 is 2.14 bits per heavy atom. The minimum absolute atomic E-state index is 0.126. The molecule has 3 N–H and O–H groups in total. The maximum absolute atomic E-state index is 13.4. The number of fused-ring (bicyclic) bond motifs is 1. The van der Waals surface area contributed by atoms with E-state index in [1.54, 1.807) is 23.0 Å². The van der Waals surface area contributed by atoms with E-state index in [1.165, 1.54) is 6.08 Å². The van der Waals surface area contributed by atoms with Crippen molar-refractivity contribution in [3.8, 4) is 17.2 Å². The first kappa shape index (κ1) is 40.3. The highest BCUT2D eigenvalue weighted by Gasteiger charge is 2.22. The summed E-state index contributed by atoms with van der Waals surface area (Å²) in [5.74, 6) is 1.60. The van der Waals surface area contributed by atoms with Crippen LogP contribution in [-0.4, -0.2) is 32.8 Å². The number of aryl methyl sites for hydroxylation is 1. The molecule has 292 valence electrons. The molecule has 2 heterocycles. The van der Waals surface area contributed by atoms with Crippen LogP contribution in [-0.2, 0) is 34.5 Å². The fraction of sp³-hybridized carbons (Fsp3) is 0.170. The summed E-state index contributed by atoms with van der Waals surface area (Å²) in [5.41, 5.74) is 5.92. The number of nitrogens with zero attached hydrogens (tertiary/aromatic N) is 4. The molecular weight excluding hydrogens is 727 g/mol. The molecular formula is C47H45N7O4. The third-order valence-corrected chi connectivity index (χ3v) is 8.99. The highest BCUT2D eigenvalue weighted by atomic mass is 16.5. The average molecular weight is 772 g/mol. The first-order valence-corrected chi connectivity index (χ1v) is 18.8. The summed E-state index contributed by atoms with van der Waals surface area (Å²) in [6.45, 7) is 9.19. The van der Waals surface area contributed by atoms with Gasteiger partial charge in [0, 0.05) is 41.1 Å². The van der Waals surface area contributed by atoms with Crippen molar-refractivity contribution in [2.45, 2.75) is 52.6 Å². The molecule has 0 aliphatic rings. The van der Waals surface area contributed by atoms with Crippen molar-refractivity contribution in [2.75, 3.05) is 10.6 Å². The third-order valence-electron chi connectivity index (χ3n) is 8.99. The van der Waals surface area contributed by atoms with Gasteiger partial charge in [-0.2, -0.15) is 5.10 Å². The van der Waals surface area contributed by atoms with Gasteiger partial charge in [-0.05, 0) is 48.4 Å². The lowest BCUT2D eigenvalue weighted by Gasteiger charge is -2.14. The van der Waals surface area contributed by atoms with Gasteiger partial charge in [0.1, 0.15) is 17.3 Å². The van der Waals surface area contributed by atoms with E-state index in [0.29, 0.717) is 41.8 Å². The van der Waals surface area contributed by atoms with Crippen LogP contribution in [0, 0.1) is 6.92 Å². The van der Waals surface area contributed by atoms with Crippen LogP contribution >= 0.6 is 0 Å². The van der Waals surface area contributed by atoms with Crippen molar-refractivity contribution in [3.63, 3.8) is 0 Å². The summed E-state index contributed by atoms with van der Waals surface area (Å²) in [6.07, 6.45) is 3.25. The van der Waals surface area contributed by atoms with Crippen LogP contribution in [0.2, 0.25) is 0 Å². The Bertz CT molecular complexity index is 2520. The van der Waals surface area contributed by atoms with Crippen LogP contribution in [0.25, 0.3) is 16.5 Å². The number of isocyanates is 1. The van der Waals surface area contributed by atoms with Gasteiger partial charge in [0.2, 0.25) is 12.0 Å². The predicted molar refractivity (Wildman–Crippen MR) is 228 cm³/mol. The number of hydrogen-bond acceptors (Lipinski definition) is 7. The molecule has 2 aromatic heterocycles. The number of pyridine rings is 1. The van der Waals surface area contributed by atoms with Crippen LogP contribution in [0.4, 0.5) is 16.3 Å². The molecule has 0 fully saturated rings. The largest absolute Gasteiger partial charge is 0.457 e. The number of carbonyl (C=O) groups excluding carboxylic acids is 3. The van der Waals surface area contributed by atoms with Crippen molar-refractivity contribution in [3.05, 3.63) is 174 Å². The quantitative estimate of drug-likeness (QED) is 0.0884. The molecule has 0 unspecified atom stereocenters. The van der Waals surface area contributed by atoms with Gasteiger partial charge in [0.15, 0.2) is 0 Å². The van der Waals surface area contributed by atoms with E-state index in [9.17, 15) is 14.4 Å². The molecule has 0 spiro atoms. The fourth-order valence-corrected chi connectivity index (χ4v) is 5.93. The van der Waals surface area contributed by atoms with Gasteiger partial charge in [-0.3, -0.25) is 15.1 Å². The average Bonchev–Trinajstić information content (AvgIpc) is 3.66. The van der Waals surface area contributed by atoms with Crippen LogP contribution in [0.5, 0.6) is 11.5 Å². The lowest BCUT2D eigenvalue weighted by molar-refractivity contribution is -0.120. The zero-order chi connectivity index (χ0) is 40.9. The summed E-state index contributed by atoms with van der Waals surface area (Å²) in [7, 11) is 0. The molecule has 3 amide bonds. The van der Waals surface area contributed by atoms with E-state index in [0.717, 1.165) is 38.8 Å². The minimum Gasteiger partial charge on any atom is -0.457 e. The number of ether oxygens (including phenoxy) is 1. The summed E-state index contributed by atoms with van der Waals surface area (Å²) >= 11 is 0. The fourth-order valence-electron chi connectivity index (χ4n) is 5.93. The lowest BCUT2D eigenvalue weighted by Crippen LogP contribution is -2.24. The monoisotopic (exact) mass is 771 g/mol. The molecule has 0 bridgehead atoms. The Hall–Kier alpha value is -7.36. The number of amides is 3. The number of benzene rings is 5. The van der Waals surface area contributed by atoms with Gasteiger partial charge in [0.05, 0.1) is 35.7 Å². The van der Waals surface area contributed by atoms with E-state index in [-0.39, 0.29) is 17.7 Å². The van der Waals surface area contributed by atoms with E-state index in [1.807, 2.05) is 134 Å². The Labute approximate surface area is 337 Å². The number of nitrogens with one attached hydrogen (secondary N) is 3. The highest BCUT2D eigenvalue weighted by molar-refractivity contribution is 6.07. The number of hydrogen-bond donors (Lipinski definition) is 3.